The maximum absolute atomic E-state index is 11.6. The van der Waals surface area contributed by atoms with E-state index >= 15 is 0 Å². The largest absolute Gasteiger partial charge is 0.469 e. The molecule has 2 unspecified atom stereocenters. The van der Waals surface area contributed by atoms with Crippen LogP contribution >= 0.6 is 0 Å². The summed E-state index contributed by atoms with van der Waals surface area (Å²) in [5.74, 6) is -0.263. The monoisotopic (exact) mass is 243 g/mol. The van der Waals surface area contributed by atoms with Crippen molar-refractivity contribution in [3.05, 3.63) is 0 Å². The fraction of sp³-hybridized carbons (Fsp3) is 0.833. The molecule has 0 heterocycles. The van der Waals surface area contributed by atoms with Gasteiger partial charge in [-0.05, 0) is 33.6 Å². The molecule has 2 atom stereocenters. The Morgan fingerprint density at radius 1 is 1.41 bits per heavy atom. The molecule has 5 nitrogen and oxygen atoms in total. The normalized spacial score (nSPS) is 27.2. The van der Waals surface area contributed by atoms with Crippen molar-refractivity contribution >= 4 is 12.1 Å². The van der Waals surface area contributed by atoms with Gasteiger partial charge in [0.1, 0.15) is 5.60 Å². The lowest BCUT2D eigenvalue weighted by Crippen LogP contribution is -2.37. The molecule has 0 saturated heterocycles. The highest BCUT2D eigenvalue weighted by atomic mass is 16.6. The number of carbonyl (C=O) groups is 2. The van der Waals surface area contributed by atoms with Crippen LogP contribution in [0.15, 0.2) is 0 Å². The summed E-state index contributed by atoms with van der Waals surface area (Å²) in [6.07, 6.45) is 0.789. The van der Waals surface area contributed by atoms with Crippen molar-refractivity contribution in [2.24, 2.45) is 5.41 Å². The molecule has 0 aromatic heterocycles. The second-order valence-corrected chi connectivity index (χ2v) is 5.40. The van der Waals surface area contributed by atoms with Crippen molar-refractivity contribution in [2.75, 3.05) is 7.11 Å². The van der Waals surface area contributed by atoms with E-state index in [1.165, 1.54) is 7.11 Å². The minimum absolute atomic E-state index is 0.171. The van der Waals surface area contributed by atoms with Crippen molar-refractivity contribution < 1.29 is 19.1 Å². The Balaban J connectivity index is 2.51. The molecule has 0 aliphatic heterocycles. The first kappa shape index (κ1) is 13.8. The lowest BCUT2D eigenvalue weighted by molar-refractivity contribution is -0.147. The number of hydrogen-bond donors (Lipinski definition) is 1. The van der Waals surface area contributed by atoms with E-state index in [1.54, 1.807) is 20.8 Å². The van der Waals surface area contributed by atoms with Crippen LogP contribution in [-0.4, -0.2) is 30.8 Å². The van der Waals surface area contributed by atoms with Gasteiger partial charge in [-0.2, -0.15) is 0 Å². The molecule has 0 radical (unpaired) electrons. The molecule has 0 spiro atoms. The summed E-state index contributed by atoms with van der Waals surface area (Å²) in [6.45, 7) is 7.31. The average molecular weight is 243 g/mol. The molecule has 1 aliphatic carbocycles. The summed E-state index contributed by atoms with van der Waals surface area (Å²) >= 11 is 0. The van der Waals surface area contributed by atoms with E-state index in [9.17, 15) is 9.59 Å². The summed E-state index contributed by atoms with van der Waals surface area (Å²) in [5.41, 5.74) is -1.08. The third-order valence-corrected chi connectivity index (χ3v) is 2.99. The molecule has 17 heavy (non-hydrogen) atoms. The van der Waals surface area contributed by atoms with Gasteiger partial charge in [-0.3, -0.25) is 4.79 Å². The van der Waals surface area contributed by atoms with E-state index in [-0.39, 0.29) is 12.0 Å². The average Bonchev–Trinajstić information content (AvgIpc) is 2.88. The molecule has 1 saturated carbocycles. The van der Waals surface area contributed by atoms with Gasteiger partial charge in [0.15, 0.2) is 0 Å². The number of rotatable bonds is 3. The van der Waals surface area contributed by atoms with Crippen LogP contribution in [0.3, 0.4) is 0 Å². The van der Waals surface area contributed by atoms with Gasteiger partial charge in [0, 0.05) is 6.04 Å². The number of alkyl carbamates (subject to hydrolysis) is 1. The molecular weight excluding hydrogens is 222 g/mol. The molecule has 0 bridgehead atoms. The molecule has 0 aromatic carbocycles. The Labute approximate surface area is 102 Å². The summed E-state index contributed by atoms with van der Waals surface area (Å²) in [5, 5.41) is 2.71. The van der Waals surface area contributed by atoms with Gasteiger partial charge < -0.3 is 14.8 Å². The van der Waals surface area contributed by atoms with Crippen LogP contribution in [0, 0.1) is 5.41 Å². The SMILES string of the molecule is CCC1(C(=O)OC)CC1NC(=O)OC(C)(C)C. The number of nitrogens with one attached hydrogen (secondary N) is 1. The van der Waals surface area contributed by atoms with E-state index < -0.39 is 17.1 Å². The van der Waals surface area contributed by atoms with Crippen LogP contribution in [0.5, 0.6) is 0 Å². The van der Waals surface area contributed by atoms with E-state index in [0.717, 1.165) is 0 Å². The highest BCUT2D eigenvalue weighted by Gasteiger charge is 2.60. The Morgan fingerprint density at radius 3 is 2.41 bits per heavy atom. The van der Waals surface area contributed by atoms with Crippen LogP contribution in [0.2, 0.25) is 0 Å². The maximum atomic E-state index is 11.6. The van der Waals surface area contributed by atoms with Crippen LogP contribution in [-0.2, 0) is 14.3 Å². The second-order valence-electron chi connectivity index (χ2n) is 5.40. The predicted octanol–water partition coefficient (Wildman–Crippen LogP) is 1.85. The molecular formula is C12H21NO4. The smallest absolute Gasteiger partial charge is 0.407 e. The summed E-state index contributed by atoms with van der Waals surface area (Å²) in [7, 11) is 1.36. The van der Waals surface area contributed by atoms with Gasteiger partial charge in [-0.25, -0.2) is 4.79 Å². The van der Waals surface area contributed by atoms with Crippen LogP contribution in [0.4, 0.5) is 4.79 Å². The Hall–Kier alpha value is -1.26. The predicted molar refractivity (Wildman–Crippen MR) is 62.5 cm³/mol. The van der Waals surface area contributed by atoms with E-state index in [0.29, 0.717) is 12.8 Å². The van der Waals surface area contributed by atoms with Crippen molar-refractivity contribution in [2.45, 2.75) is 52.2 Å². The van der Waals surface area contributed by atoms with Gasteiger partial charge in [0.2, 0.25) is 0 Å². The Morgan fingerprint density at radius 2 is 2.00 bits per heavy atom. The van der Waals surface area contributed by atoms with Gasteiger partial charge in [-0.15, -0.1) is 0 Å². The third-order valence-electron chi connectivity index (χ3n) is 2.99. The highest BCUT2D eigenvalue weighted by Crippen LogP contribution is 2.49. The van der Waals surface area contributed by atoms with Crippen molar-refractivity contribution in [1.82, 2.24) is 5.32 Å². The number of ether oxygens (including phenoxy) is 2. The van der Waals surface area contributed by atoms with E-state index in [2.05, 4.69) is 5.32 Å². The number of esters is 1. The number of hydrogen-bond acceptors (Lipinski definition) is 4. The second kappa shape index (κ2) is 4.55. The van der Waals surface area contributed by atoms with Crippen molar-refractivity contribution in [3.63, 3.8) is 0 Å². The molecule has 98 valence electrons. The third kappa shape index (κ3) is 3.11. The van der Waals surface area contributed by atoms with E-state index in [1.807, 2.05) is 6.92 Å². The summed E-state index contributed by atoms with van der Waals surface area (Å²) in [4.78, 5) is 23.1. The van der Waals surface area contributed by atoms with Gasteiger partial charge in [0.05, 0.1) is 12.5 Å². The zero-order chi connectivity index (χ0) is 13.3. The number of amides is 1. The standard InChI is InChI=1S/C12H21NO4/c1-6-12(9(14)16-5)7-8(12)13-10(15)17-11(2,3)4/h8H,6-7H2,1-5H3,(H,13,15). The topological polar surface area (TPSA) is 64.6 Å². The summed E-state index contributed by atoms with van der Waals surface area (Å²) < 4.78 is 9.89. The number of methoxy groups -OCH3 is 1. The summed E-state index contributed by atoms with van der Waals surface area (Å²) in [6, 6.07) is -0.171. The zero-order valence-corrected chi connectivity index (χ0v) is 11.1. The first-order valence-electron chi connectivity index (χ1n) is 5.83. The van der Waals surface area contributed by atoms with Crippen LogP contribution < -0.4 is 5.32 Å². The molecule has 1 N–H and O–H groups in total. The maximum Gasteiger partial charge on any atom is 0.407 e. The highest BCUT2D eigenvalue weighted by molar-refractivity contribution is 5.83. The fourth-order valence-electron chi connectivity index (χ4n) is 1.91. The molecule has 0 aromatic rings. The molecule has 1 aliphatic rings. The molecule has 1 amide bonds. The van der Waals surface area contributed by atoms with Crippen LogP contribution in [0.1, 0.15) is 40.5 Å². The minimum atomic E-state index is -0.550. The molecule has 1 rings (SSSR count). The lowest BCUT2D eigenvalue weighted by atomic mass is 10.0. The molecule has 5 heteroatoms. The first-order valence-corrected chi connectivity index (χ1v) is 5.83. The Kier molecular flexibility index (Phi) is 3.69. The van der Waals surface area contributed by atoms with Gasteiger partial charge >= 0.3 is 12.1 Å². The van der Waals surface area contributed by atoms with Gasteiger partial charge in [-0.1, -0.05) is 6.92 Å². The van der Waals surface area contributed by atoms with Crippen molar-refractivity contribution in [1.29, 1.82) is 0 Å². The zero-order valence-electron chi connectivity index (χ0n) is 11.1. The quantitative estimate of drug-likeness (QED) is 0.768. The fourth-order valence-corrected chi connectivity index (χ4v) is 1.91. The van der Waals surface area contributed by atoms with E-state index in [4.69, 9.17) is 9.47 Å². The minimum Gasteiger partial charge on any atom is -0.469 e. The Bertz CT molecular complexity index is 321. The first-order chi connectivity index (χ1) is 7.75. The number of carbonyl (C=O) groups excluding carboxylic acids is 2. The lowest BCUT2D eigenvalue weighted by Gasteiger charge is -2.20. The van der Waals surface area contributed by atoms with Crippen LogP contribution in [0.25, 0.3) is 0 Å². The molecule has 1 fully saturated rings. The van der Waals surface area contributed by atoms with Crippen molar-refractivity contribution in [3.8, 4) is 0 Å². The van der Waals surface area contributed by atoms with Gasteiger partial charge in [0.25, 0.3) is 0 Å².